The molecule has 6 heteroatoms. The van der Waals surface area contributed by atoms with Crippen LogP contribution in [0.3, 0.4) is 0 Å². The summed E-state index contributed by atoms with van der Waals surface area (Å²) < 4.78 is 6.31. The Balaban J connectivity index is 0.00000616. The minimum Gasteiger partial charge on any atom is -0.493 e. The fourth-order valence-electron chi connectivity index (χ4n) is 5.27. The van der Waals surface area contributed by atoms with Gasteiger partial charge in [-0.25, -0.2) is 0 Å². The molecule has 0 aromatic heterocycles. The van der Waals surface area contributed by atoms with E-state index < -0.39 is 0 Å². The zero-order valence-corrected chi connectivity index (χ0v) is 29.3. The standard InChI is InChI=1S/C36H54N2O2S.BrH/c1-6-7-8-9-10-11-12-13-14-15-16-17-24-40-34-25-32(22-23-33(34)36(3,4)5)37-35(39)31-20-18-30(19-21-31)27-38-26-29(2)41-28-38;/h18-23,25-26H,6-17,24,27-28H2,1-5H3,(H,37,39);1H. The second-order valence-corrected chi connectivity index (χ2v) is 13.8. The van der Waals surface area contributed by atoms with Crippen LogP contribution in [0.15, 0.2) is 53.6 Å². The van der Waals surface area contributed by atoms with E-state index in [1.54, 1.807) is 0 Å². The predicted octanol–water partition coefficient (Wildman–Crippen LogP) is 11.3. The van der Waals surface area contributed by atoms with Gasteiger partial charge in [0.2, 0.25) is 0 Å². The number of benzene rings is 2. The highest BCUT2D eigenvalue weighted by molar-refractivity contribution is 8.93. The molecule has 1 N–H and O–H groups in total. The topological polar surface area (TPSA) is 41.6 Å². The van der Waals surface area contributed by atoms with E-state index in [2.05, 4.69) is 57.1 Å². The number of anilines is 1. The van der Waals surface area contributed by atoms with E-state index in [1.807, 2.05) is 48.2 Å². The third kappa shape index (κ3) is 13.2. The molecule has 234 valence electrons. The van der Waals surface area contributed by atoms with Crippen LogP contribution in [-0.2, 0) is 12.0 Å². The van der Waals surface area contributed by atoms with E-state index in [0.29, 0.717) is 12.2 Å². The number of ether oxygens (including phenoxy) is 1. The third-order valence-corrected chi connectivity index (χ3v) is 8.75. The monoisotopic (exact) mass is 658 g/mol. The summed E-state index contributed by atoms with van der Waals surface area (Å²) in [6, 6.07) is 14.0. The highest BCUT2D eigenvalue weighted by Crippen LogP contribution is 2.34. The number of amides is 1. The lowest BCUT2D eigenvalue weighted by molar-refractivity contribution is 0.102. The van der Waals surface area contributed by atoms with Gasteiger partial charge in [-0.1, -0.05) is 117 Å². The van der Waals surface area contributed by atoms with Crippen molar-refractivity contribution in [3.63, 3.8) is 0 Å². The molecule has 42 heavy (non-hydrogen) atoms. The Kier molecular flexibility index (Phi) is 16.7. The first-order chi connectivity index (χ1) is 19.8. The molecule has 3 rings (SSSR count). The molecular weight excluding hydrogens is 604 g/mol. The summed E-state index contributed by atoms with van der Waals surface area (Å²) in [5, 5.41) is 3.08. The Morgan fingerprint density at radius 2 is 1.48 bits per heavy atom. The van der Waals surface area contributed by atoms with E-state index in [9.17, 15) is 4.79 Å². The average molecular weight is 660 g/mol. The van der Waals surface area contributed by atoms with Gasteiger partial charge >= 0.3 is 0 Å². The van der Waals surface area contributed by atoms with Crippen LogP contribution in [0.2, 0.25) is 0 Å². The smallest absolute Gasteiger partial charge is 0.255 e. The second kappa shape index (κ2) is 19.4. The molecule has 1 aliphatic heterocycles. The fraction of sp³-hybridized carbons (Fsp3) is 0.583. The maximum Gasteiger partial charge on any atom is 0.255 e. The van der Waals surface area contributed by atoms with Crippen molar-refractivity contribution in [1.82, 2.24) is 4.90 Å². The van der Waals surface area contributed by atoms with E-state index in [4.69, 9.17) is 4.74 Å². The van der Waals surface area contributed by atoms with Crippen molar-refractivity contribution >= 4 is 40.3 Å². The van der Waals surface area contributed by atoms with Crippen molar-refractivity contribution < 1.29 is 9.53 Å². The van der Waals surface area contributed by atoms with Crippen molar-refractivity contribution in [3.05, 3.63) is 70.3 Å². The Hall–Kier alpha value is -1.92. The first-order valence-corrected chi connectivity index (χ1v) is 17.0. The van der Waals surface area contributed by atoms with Crippen LogP contribution >= 0.6 is 28.7 Å². The van der Waals surface area contributed by atoms with Gasteiger partial charge in [-0.15, -0.1) is 28.7 Å². The van der Waals surface area contributed by atoms with Crippen LogP contribution in [0.5, 0.6) is 5.75 Å². The molecule has 0 unspecified atom stereocenters. The van der Waals surface area contributed by atoms with Crippen LogP contribution in [-0.4, -0.2) is 23.3 Å². The number of nitrogens with zero attached hydrogens (tertiary/aromatic N) is 1. The Bertz CT molecular complexity index is 1090. The van der Waals surface area contributed by atoms with Crippen molar-refractivity contribution in [1.29, 1.82) is 0 Å². The van der Waals surface area contributed by atoms with Gasteiger partial charge < -0.3 is 15.0 Å². The van der Waals surface area contributed by atoms with Gasteiger partial charge in [-0.2, -0.15) is 0 Å². The Labute approximate surface area is 271 Å². The second-order valence-electron chi connectivity index (χ2n) is 12.6. The van der Waals surface area contributed by atoms with Gasteiger partial charge in [0.1, 0.15) is 5.75 Å². The van der Waals surface area contributed by atoms with Crippen LogP contribution in [0.25, 0.3) is 0 Å². The average Bonchev–Trinajstić information content (AvgIpc) is 3.35. The number of carbonyl (C=O) groups excluding carboxylic acids is 1. The van der Waals surface area contributed by atoms with Gasteiger partial charge in [0.15, 0.2) is 0 Å². The number of nitrogens with one attached hydrogen (secondary N) is 1. The molecule has 0 saturated heterocycles. The summed E-state index contributed by atoms with van der Waals surface area (Å²) in [5.74, 6) is 1.77. The third-order valence-electron chi connectivity index (χ3n) is 7.73. The van der Waals surface area contributed by atoms with Gasteiger partial charge in [0.05, 0.1) is 12.5 Å². The van der Waals surface area contributed by atoms with Crippen molar-refractivity contribution in [2.45, 2.75) is 124 Å². The molecule has 4 nitrogen and oxygen atoms in total. The summed E-state index contributed by atoms with van der Waals surface area (Å²) in [4.78, 5) is 16.7. The van der Waals surface area contributed by atoms with Crippen molar-refractivity contribution in [3.8, 4) is 5.75 Å². The molecule has 0 bridgehead atoms. The number of hydrogen-bond acceptors (Lipinski definition) is 4. The molecule has 0 saturated carbocycles. The fourth-order valence-corrected chi connectivity index (χ4v) is 6.03. The van der Waals surface area contributed by atoms with E-state index in [0.717, 1.165) is 30.3 Å². The summed E-state index contributed by atoms with van der Waals surface area (Å²) in [6.45, 7) is 12.6. The van der Waals surface area contributed by atoms with Crippen LogP contribution in [0.1, 0.15) is 133 Å². The molecule has 2 aromatic rings. The highest BCUT2D eigenvalue weighted by Gasteiger charge is 2.20. The molecule has 0 aliphatic carbocycles. The molecule has 0 radical (unpaired) electrons. The maximum absolute atomic E-state index is 13.0. The van der Waals surface area contributed by atoms with Gasteiger partial charge in [0, 0.05) is 30.1 Å². The molecular formula is C36H55BrN2O2S. The molecule has 1 heterocycles. The van der Waals surface area contributed by atoms with Crippen LogP contribution < -0.4 is 10.1 Å². The summed E-state index contributed by atoms with van der Waals surface area (Å²) in [6.07, 6.45) is 18.2. The maximum atomic E-state index is 13.0. The molecule has 1 amide bonds. The predicted molar refractivity (Wildman–Crippen MR) is 188 cm³/mol. The van der Waals surface area contributed by atoms with Gasteiger partial charge in [0.25, 0.3) is 5.91 Å². The van der Waals surface area contributed by atoms with Crippen LogP contribution in [0, 0.1) is 0 Å². The van der Waals surface area contributed by atoms with E-state index in [-0.39, 0.29) is 28.3 Å². The van der Waals surface area contributed by atoms with Gasteiger partial charge in [-0.3, -0.25) is 4.79 Å². The lowest BCUT2D eigenvalue weighted by atomic mass is 9.86. The SMILES string of the molecule is Br.CCCCCCCCCCCCCCOc1cc(NC(=O)c2ccc(CN3C=C(C)SC3)cc2)ccc1C(C)(C)C. The van der Waals surface area contributed by atoms with E-state index >= 15 is 0 Å². The Morgan fingerprint density at radius 3 is 2.02 bits per heavy atom. The number of carbonyl (C=O) groups is 1. The zero-order chi connectivity index (χ0) is 29.5. The highest BCUT2D eigenvalue weighted by atomic mass is 79.9. The van der Waals surface area contributed by atoms with Crippen molar-refractivity contribution in [2.75, 3.05) is 17.8 Å². The quantitative estimate of drug-likeness (QED) is 0.162. The number of rotatable bonds is 18. The van der Waals surface area contributed by atoms with Crippen LogP contribution in [0.4, 0.5) is 5.69 Å². The molecule has 0 atom stereocenters. The lowest BCUT2D eigenvalue weighted by Crippen LogP contribution is -2.16. The largest absolute Gasteiger partial charge is 0.493 e. The lowest BCUT2D eigenvalue weighted by Gasteiger charge is -2.23. The zero-order valence-electron chi connectivity index (χ0n) is 26.8. The minimum atomic E-state index is -0.0977. The molecule has 1 aliphatic rings. The van der Waals surface area contributed by atoms with Crippen molar-refractivity contribution in [2.24, 2.45) is 0 Å². The normalized spacial score (nSPS) is 13.1. The number of thioether (sulfide) groups is 1. The first-order valence-electron chi connectivity index (χ1n) is 16.0. The number of hydrogen-bond donors (Lipinski definition) is 1. The number of allylic oxidation sites excluding steroid dienone is 1. The number of unbranched alkanes of at least 4 members (excludes halogenated alkanes) is 11. The summed E-state index contributed by atoms with van der Waals surface area (Å²) in [5.41, 5.74) is 3.77. The molecule has 0 spiro atoms. The summed E-state index contributed by atoms with van der Waals surface area (Å²) in [7, 11) is 0. The van der Waals surface area contributed by atoms with E-state index in [1.165, 1.54) is 86.7 Å². The summed E-state index contributed by atoms with van der Waals surface area (Å²) >= 11 is 1.86. The molecule has 2 aromatic carbocycles. The Morgan fingerprint density at radius 1 is 0.881 bits per heavy atom. The first kappa shape index (κ1) is 36.3. The number of halogens is 1. The van der Waals surface area contributed by atoms with Gasteiger partial charge in [-0.05, 0) is 53.0 Å². The minimum absolute atomic E-state index is 0. The molecule has 0 fully saturated rings.